The number of nitrogens with zero attached hydrogens (tertiary/aromatic N) is 1. The number of carbonyl (C=O) groups is 1. The van der Waals surface area contributed by atoms with Crippen LogP contribution in [0.1, 0.15) is 16.1 Å². The van der Waals surface area contributed by atoms with E-state index in [2.05, 4.69) is 15.5 Å². The molecule has 2 N–H and O–H groups in total. The number of hydrogen-bond acceptors (Lipinski definition) is 4. The molecule has 0 aliphatic carbocycles. The van der Waals surface area contributed by atoms with Gasteiger partial charge in [0.05, 0.1) is 17.7 Å². The molecule has 24 heavy (non-hydrogen) atoms. The predicted octanol–water partition coefficient (Wildman–Crippen LogP) is 2.24. The van der Waals surface area contributed by atoms with Gasteiger partial charge in [0, 0.05) is 24.4 Å². The van der Waals surface area contributed by atoms with Crippen molar-refractivity contribution in [3.8, 4) is 11.3 Å². The topological polar surface area (TPSA) is 88.0 Å². The first-order chi connectivity index (χ1) is 11.5. The summed E-state index contributed by atoms with van der Waals surface area (Å²) in [5.74, 6) is -1.75. The van der Waals surface area contributed by atoms with E-state index in [9.17, 15) is 18.4 Å². The molecule has 1 aromatic carbocycles. The van der Waals surface area contributed by atoms with Crippen molar-refractivity contribution in [2.45, 2.75) is 6.54 Å². The summed E-state index contributed by atoms with van der Waals surface area (Å²) in [4.78, 5) is 25.2. The third kappa shape index (κ3) is 3.37. The van der Waals surface area contributed by atoms with Gasteiger partial charge in [0.25, 0.3) is 5.91 Å². The quantitative estimate of drug-likeness (QED) is 0.767. The lowest BCUT2D eigenvalue weighted by molar-refractivity contribution is 0.0949. The zero-order chi connectivity index (χ0) is 17.1. The summed E-state index contributed by atoms with van der Waals surface area (Å²) in [7, 11) is 0. The van der Waals surface area contributed by atoms with Crippen LogP contribution in [0.4, 0.5) is 8.78 Å². The summed E-state index contributed by atoms with van der Waals surface area (Å²) in [5.41, 5.74) is 0.408. The molecule has 0 atom stereocenters. The van der Waals surface area contributed by atoms with Gasteiger partial charge in [0.2, 0.25) is 5.56 Å². The SMILES string of the molecule is O=C(NCc1cc(-c2ccc(F)cc2F)on1)c1ccc(=O)[nH]c1. The van der Waals surface area contributed by atoms with Crippen molar-refractivity contribution in [2.75, 3.05) is 0 Å². The molecule has 122 valence electrons. The van der Waals surface area contributed by atoms with Gasteiger partial charge in [-0.1, -0.05) is 5.16 Å². The number of benzene rings is 1. The van der Waals surface area contributed by atoms with Crippen LogP contribution in [0.2, 0.25) is 0 Å². The molecule has 3 aromatic rings. The van der Waals surface area contributed by atoms with E-state index in [1.165, 1.54) is 30.5 Å². The number of pyridine rings is 1. The molecule has 0 saturated heterocycles. The van der Waals surface area contributed by atoms with Crippen LogP contribution >= 0.6 is 0 Å². The maximum Gasteiger partial charge on any atom is 0.253 e. The minimum absolute atomic E-state index is 0.0459. The first-order valence-electron chi connectivity index (χ1n) is 6.91. The Labute approximate surface area is 134 Å². The Bertz CT molecular complexity index is 929. The van der Waals surface area contributed by atoms with Crippen LogP contribution in [0.3, 0.4) is 0 Å². The van der Waals surface area contributed by atoms with Crippen LogP contribution in [0.25, 0.3) is 11.3 Å². The smallest absolute Gasteiger partial charge is 0.253 e. The van der Waals surface area contributed by atoms with E-state index in [1.807, 2.05) is 0 Å². The van der Waals surface area contributed by atoms with E-state index >= 15 is 0 Å². The normalized spacial score (nSPS) is 10.6. The van der Waals surface area contributed by atoms with Crippen molar-refractivity contribution in [1.82, 2.24) is 15.5 Å². The average molecular weight is 331 g/mol. The number of rotatable bonds is 4. The molecule has 1 amide bonds. The highest BCUT2D eigenvalue weighted by molar-refractivity contribution is 5.93. The zero-order valence-corrected chi connectivity index (χ0v) is 12.2. The minimum atomic E-state index is -0.769. The number of hydrogen-bond donors (Lipinski definition) is 2. The number of aromatic amines is 1. The highest BCUT2D eigenvalue weighted by atomic mass is 19.1. The largest absolute Gasteiger partial charge is 0.356 e. The Hall–Kier alpha value is -3.29. The van der Waals surface area contributed by atoms with Gasteiger partial charge >= 0.3 is 0 Å². The third-order valence-corrected chi connectivity index (χ3v) is 3.23. The Morgan fingerprint density at radius 1 is 1.21 bits per heavy atom. The summed E-state index contributed by atoms with van der Waals surface area (Å²) in [6.07, 6.45) is 1.29. The van der Waals surface area contributed by atoms with Crippen molar-refractivity contribution >= 4 is 5.91 Å². The summed E-state index contributed by atoms with van der Waals surface area (Å²) in [5, 5.41) is 6.31. The van der Waals surface area contributed by atoms with E-state index in [0.29, 0.717) is 5.69 Å². The summed E-state index contributed by atoms with van der Waals surface area (Å²) in [6, 6.07) is 7.17. The van der Waals surface area contributed by atoms with Crippen molar-refractivity contribution < 1.29 is 18.1 Å². The molecule has 2 aromatic heterocycles. The molecule has 0 aliphatic heterocycles. The molecule has 3 rings (SSSR count). The lowest BCUT2D eigenvalue weighted by Gasteiger charge is -2.01. The second-order valence-corrected chi connectivity index (χ2v) is 4.93. The molecule has 8 heteroatoms. The molecule has 0 spiro atoms. The first-order valence-corrected chi connectivity index (χ1v) is 6.91. The highest BCUT2D eigenvalue weighted by Gasteiger charge is 2.13. The fourth-order valence-electron chi connectivity index (χ4n) is 2.04. The van der Waals surface area contributed by atoms with Gasteiger partial charge in [-0.05, 0) is 18.2 Å². The van der Waals surface area contributed by atoms with E-state index in [0.717, 1.165) is 12.1 Å². The fourth-order valence-corrected chi connectivity index (χ4v) is 2.04. The monoisotopic (exact) mass is 331 g/mol. The number of carbonyl (C=O) groups excluding carboxylic acids is 1. The Morgan fingerprint density at radius 2 is 2.04 bits per heavy atom. The van der Waals surface area contributed by atoms with Gasteiger partial charge in [-0.15, -0.1) is 0 Å². The maximum absolute atomic E-state index is 13.7. The summed E-state index contributed by atoms with van der Waals surface area (Å²) in [6.45, 7) is 0.0459. The van der Waals surface area contributed by atoms with Crippen molar-refractivity contribution in [2.24, 2.45) is 0 Å². The second kappa shape index (κ2) is 6.45. The number of amides is 1. The van der Waals surface area contributed by atoms with E-state index in [4.69, 9.17) is 4.52 Å². The number of aromatic nitrogens is 2. The molecule has 0 unspecified atom stereocenters. The van der Waals surface area contributed by atoms with Gasteiger partial charge < -0.3 is 14.8 Å². The minimum Gasteiger partial charge on any atom is -0.356 e. The van der Waals surface area contributed by atoms with Gasteiger partial charge in [-0.25, -0.2) is 8.78 Å². The molecule has 6 nitrogen and oxygen atoms in total. The fraction of sp³-hybridized carbons (Fsp3) is 0.0625. The molecule has 0 radical (unpaired) electrons. The lowest BCUT2D eigenvalue weighted by atomic mass is 10.1. The van der Waals surface area contributed by atoms with E-state index in [-0.39, 0.29) is 29.0 Å². The van der Waals surface area contributed by atoms with Crippen molar-refractivity contribution in [3.63, 3.8) is 0 Å². The average Bonchev–Trinajstić information content (AvgIpc) is 3.02. The van der Waals surface area contributed by atoms with Crippen LogP contribution in [0.5, 0.6) is 0 Å². The van der Waals surface area contributed by atoms with E-state index < -0.39 is 17.5 Å². The van der Waals surface area contributed by atoms with Crippen LogP contribution in [0.15, 0.2) is 51.9 Å². The Balaban J connectivity index is 1.69. The first kappa shape index (κ1) is 15.6. The number of nitrogens with one attached hydrogen (secondary N) is 2. The lowest BCUT2D eigenvalue weighted by Crippen LogP contribution is -2.23. The molecular formula is C16H11F2N3O3. The Morgan fingerprint density at radius 3 is 2.75 bits per heavy atom. The maximum atomic E-state index is 13.7. The van der Waals surface area contributed by atoms with Gasteiger partial charge in [0.1, 0.15) is 17.3 Å². The van der Waals surface area contributed by atoms with Gasteiger partial charge in [-0.2, -0.15) is 0 Å². The molecular weight excluding hydrogens is 320 g/mol. The van der Waals surface area contributed by atoms with Crippen LogP contribution in [0, 0.1) is 11.6 Å². The second-order valence-electron chi connectivity index (χ2n) is 4.93. The molecule has 2 heterocycles. The third-order valence-electron chi connectivity index (χ3n) is 3.23. The van der Waals surface area contributed by atoms with Crippen molar-refractivity contribution in [1.29, 1.82) is 0 Å². The standard InChI is InChI=1S/C16H11F2N3O3/c17-10-2-3-12(13(18)5-10)14-6-11(21-24-14)8-20-16(23)9-1-4-15(22)19-7-9/h1-7H,8H2,(H,19,22)(H,20,23). The highest BCUT2D eigenvalue weighted by Crippen LogP contribution is 2.24. The summed E-state index contributed by atoms with van der Waals surface area (Å²) < 4.78 is 31.6. The zero-order valence-electron chi connectivity index (χ0n) is 12.2. The number of H-pyrrole nitrogens is 1. The van der Waals surface area contributed by atoms with Gasteiger partial charge in [-0.3, -0.25) is 9.59 Å². The van der Waals surface area contributed by atoms with Crippen LogP contribution < -0.4 is 10.9 Å². The van der Waals surface area contributed by atoms with Crippen LogP contribution in [-0.2, 0) is 6.54 Å². The van der Waals surface area contributed by atoms with Crippen molar-refractivity contribution in [3.05, 3.63) is 75.8 Å². The van der Waals surface area contributed by atoms with E-state index in [1.54, 1.807) is 0 Å². The molecule has 0 aliphatic rings. The Kier molecular flexibility index (Phi) is 4.19. The van der Waals surface area contributed by atoms with Gasteiger partial charge in [0.15, 0.2) is 5.76 Å². The molecule has 0 fully saturated rings. The summed E-state index contributed by atoms with van der Waals surface area (Å²) >= 11 is 0. The van der Waals surface area contributed by atoms with Crippen LogP contribution in [-0.4, -0.2) is 16.0 Å². The predicted molar refractivity (Wildman–Crippen MR) is 80.1 cm³/mol. The molecule has 0 saturated carbocycles. The molecule has 0 bridgehead atoms. The number of halogens is 2.